The van der Waals surface area contributed by atoms with E-state index in [2.05, 4.69) is 10.3 Å². The summed E-state index contributed by atoms with van der Waals surface area (Å²) in [7, 11) is 1.89. The standard InChI is InChI=1S/C17H17N5O4.ClH/c1-20-6-5-19-16(20)13-10-18-4-7-21(13)17(23)15-9-11-8-12(22(24)25)2-3-14(11)26-15;/h2-3,5-6,8-9,13,18H,4,7,10H2,1H3;1H. The number of furan rings is 1. The summed E-state index contributed by atoms with van der Waals surface area (Å²) in [4.78, 5) is 29.6. The number of halogens is 1. The third kappa shape index (κ3) is 3.38. The summed E-state index contributed by atoms with van der Waals surface area (Å²) in [6.45, 7) is 1.80. The van der Waals surface area contributed by atoms with Crippen LogP contribution in [0.4, 0.5) is 5.69 Å². The van der Waals surface area contributed by atoms with Crippen LogP contribution in [0, 0.1) is 10.1 Å². The van der Waals surface area contributed by atoms with Crippen molar-refractivity contribution >= 4 is 35.0 Å². The number of imidazole rings is 1. The molecular formula is C17H18ClN5O4. The molecule has 1 aliphatic heterocycles. The monoisotopic (exact) mass is 391 g/mol. The maximum absolute atomic E-state index is 13.0. The number of rotatable bonds is 3. The first-order valence-corrected chi connectivity index (χ1v) is 8.21. The molecule has 1 aromatic carbocycles. The number of nitrogens with zero attached hydrogens (tertiary/aromatic N) is 4. The highest BCUT2D eigenvalue weighted by Crippen LogP contribution is 2.28. The Hall–Kier alpha value is -2.91. The van der Waals surface area contributed by atoms with Crippen LogP contribution in [0.2, 0.25) is 0 Å². The molecule has 0 aliphatic carbocycles. The van der Waals surface area contributed by atoms with Gasteiger partial charge < -0.3 is 19.2 Å². The molecule has 1 aliphatic rings. The lowest BCUT2D eigenvalue weighted by molar-refractivity contribution is -0.384. The van der Waals surface area contributed by atoms with Gasteiger partial charge in [0, 0.05) is 56.6 Å². The maximum Gasteiger partial charge on any atom is 0.290 e. The number of carbonyl (C=O) groups is 1. The maximum atomic E-state index is 13.0. The average Bonchev–Trinajstić information content (AvgIpc) is 3.26. The van der Waals surface area contributed by atoms with Gasteiger partial charge in [0.2, 0.25) is 0 Å². The van der Waals surface area contributed by atoms with Crippen LogP contribution < -0.4 is 5.32 Å². The first-order chi connectivity index (χ1) is 12.5. The highest BCUT2D eigenvalue weighted by molar-refractivity contribution is 5.96. The first kappa shape index (κ1) is 18.9. The number of piperazine rings is 1. The summed E-state index contributed by atoms with van der Waals surface area (Å²) >= 11 is 0. The summed E-state index contributed by atoms with van der Waals surface area (Å²) in [5.74, 6) is 0.706. The van der Waals surface area contributed by atoms with E-state index in [0.29, 0.717) is 30.6 Å². The fraction of sp³-hybridized carbons (Fsp3) is 0.294. The number of non-ortho nitro benzene ring substituents is 1. The molecule has 1 N–H and O–H groups in total. The highest BCUT2D eigenvalue weighted by atomic mass is 35.5. The average molecular weight is 392 g/mol. The van der Waals surface area contributed by atoms with Crippen molar-refractivity contribution in [1.29, 1.82) is 0 Å². The SMILES string of the molecule is Cl.Cn1ccnc1C1CNCCN1C(=O)c1cc2cc([N+](=O)[O-])ccc2o1. The summed E-state index contributed by atoms with van der Waals surface area (Å²) in [6, 6.07) is 5.63. The Bertz CT molecular complexity index is 998. The number of nitro groups is 1. The Morgan fingerprint density at radius 1 is 1.41 bits per heavy atom. The number of fused-ring (bicyclic) bond motifs is 1. The second-order valence-corrected chi connectivity index (χ2v) is 6.20. The van der Waals surface area contributed by atoms with Crippen molar-refractivity contribution in [3.05, 3.63) is 58.4 Å². The Labute approximate surface area is 160 Å². The normalized spacial score (nSPS) is 16.9. The van der Waals surface area contributed by atoms with Gasteiger partial charge in [0.15, 0.2) is 5.76 Å². The first-order valence-electron chi connectivity index (χ1n) is 8.21. The second kappa shape index (κ2) is 7.37. The number of nitro benzene ring substituents is 1. The van der Waals surface area contributed by atoms with Gasteiger partial charge in [-0.1, -0.05) is 0 Å². The minimum absolute atomic E-state index is 0. The molecule has 0 radical (unpaired) electrons. The molecule has 0 saturated carbocycles. The van der Waals surface area contributed by atoms with E-state index in [9.17, 15) is 14.9 Å². The molecule has 4 rings (SSSR count). The number of benzene rings is 1. The molecule has 1 atom stereocenters. The number of hydrogen-bond acceptors (Lipinski definition) is 6. The number of hydrogen-bond donors (Lipinski definition) is 1. The molecule has 2 aromatic heterocycles. The molecule has 9 nitrogen and oxygen atoms in total. The minimum Gasteiger partial charge on any atom is -0.451 e. The van der Waals surface area contributed by atoms with Gasteiger partial charge in [-0.15, -0.1) is 12.4 Å². The topological polar surface area (TPSA) is 106 Å². The fourth-order valence-electron chi connectivity index (χ4n) is 3.27. The van der Waals surface area contributed by atoms with Gasteiger partial charge in [-0.2, -0.15) is 0 Å². The molecule has 1 amide bonds. The predicted molar refractivity (Wildman–Crippen MR) is 100.0 cm³/mol. The molecule has 1 saturated heterocycles. The van der Waals surface area contributed by atoms with Crippen molar-refractivity contribution in [1.82, 2.24) is 19.8 Å². The van der Waals surface area contributed by atoms with Crippen molar-refractivity contribution in [2.75, 3.05) is 19.6 Å². The second-order valence-electron chi connectivity index (χ2n) is 6.20. The lowest BCUT2D eigenvalue weighted by Gasteiger charge is -2.35. The Kier molecular flexibility index (Phi) is 5.15. The van der Waals surface area contributed by atoms with Gasteiger partial charge in [0.05, 0.1) is 4.92 Å². The van der Waals surface area contributed by atoms with Crippen LogP contribution in [-0.2, 0) is 7.05 Å². The quantitative estimate of drug-likeness (QED) is 0.542. The van der Waals surface area contributed by atoms with Crippen molar-refractivity contribution < 1.29 is 14.1 Å². The number of aryl methyl sites for hydroxylation is 1. The lowest BCUT2D eigenvalue weighted by Crippen LogP contribution is -2.49. The number of nitrogens with one attached hydrogen (secondary N) is 1. The van der Waals surface area contributed by atoms with Crippen LogP contribution in [-0.4, -0.2) is 44.9 Å². The van der Waals surface area contributed by atoms with E-state index in [-0.39, 0.29) is 35.8 Å². The Morgan fingerprint density at radius 3 is 2.93 bits per heavy atom. The van der Waals surface area contributed by atoms with E-state index < -0.39 is 4.92 Å². The van der Waals surface area contributed by atoms with E-state index in [0.717, 1.165) is 5.82 Å². The van der Waals surface area contributed by atoms with E-state index in [1.165, 1.54) is 18.2 Å². The Balaban J connectivity index is 0.00000210. The van der Waals surface area contributed by atoms with Gasteiger partial charge in [-0.25, -0.2) is 4.98 Å². The largest absolute Gasteiger partial charge is 0.451 e. The van der Waals surface area contributed by atoms with Crippen LogP contribution in [0.5, 0.6) is 0 Å². The van der Waals surface area contributed by atoms with Crippen LogP contribution in [0.15, 0.2) is 41.1 Å². The lowest BCUT2D eigenvalue weighted by atomic mass is 10.1. The molecule has 1 unspecified atom stereocenters. The summed E-state index contributed by atoms with van der Waals surface area (Å²) in [5, 5.41) is 14.7. The Morgan fingerprint density at radius 2 is 2.22 bits per heavy atom. The molecular weight excluding hydrogens is 374 g/mol. The fourth-order valence-corrected chi connectivity index (χ4v) is 3.27. The highest BCUT2D eigenvalue weighted by Gasteiger charge is 2.32. The van der Waals surface area contributed by atoms with Gasteiger partial charge in [0.25, 0.3) is 11.6 Å². The van der Waals surface area contributed by atoms with Crippen molar-refractivity contribution in [2.24, 2.45) is 7.05 Å². The van der Waals surface area contributed by atoms with Gasteiger partial charge in [-0.05, 0) is 12.1 Å². The zero-order valence-electron chi connectivity index (χ0n) is 14.5. The van der Waals surface area contributed by atoms with Gasteiger partial charge >= 0.3 is 0 Å². The van der Waals surface area contributed by atoms with Crippen LogP contribution in [0.1, 0.15) is 22.4 Å². The minimum atomic E-state index is -0.471. The molecule has 0 bridgehead atoms. The van der Waals surface area contributed by atoms with E-state index in [1.54, 1.807) is 17.2 Å². The van der Waals surface area contributed by atoms with Crippen LogP contribution in [0.3, 0.4) is 0 Å². The smallest absolute Gasteiger partial charge is 0.290 e. The molecule has 1 fully saturated rings. The zero-order chi connectivity index (χ0) is 18.3. The molecule has 142 valence electrons. The predicted octanol–water partition coefficient (Wildman–Crippen LogP) is 2.28. The molecule has 3 aromatic rings. The van der Waals surface area contributed by atoms with Gasteiger partial charge in [-0.3, -0.25) is 14.9 Å². The van der Waals surface area contributed by atoms with E-state index in [1.807, 2.05) is 17.8 Å². The van der Waals surface area contributed by atoms with E-state index >= 15 is 0 Å². The molecule has 27 heavy (non-hydrogen) atoms. The summed E-state index contributed by atoms with van der Waals surface area (Å²) < 4.78 is 7.54. The molecule has 3 heterocycles. The van der Waals surface area contributed by atoms with Crippen LogP contribution >= 0.6 is 12.4 Å². The van der Waals surface area contributed by atoms with Crippen molar-refractivity contribution in [3.8, 4) is 0 Å². The number of aromatic nitrogens is 2. The zero-order valence-corrected chi connectivity index (χ0v) is 15.3. The molecule has 0 spiro atoms. The summed E-state index contributed by atoms with van der Waals surface area (Å²) in [6.07, 6.45) is 3.54. The van der Waals surface area contributed by atoms with E-state index in [4.69, 9.17) is 4.42 Å². The number of carbonyl (C=O) groups excluding carboxylic acids is 1. The van der Waals surface area contributed by atoms with Crippen molar-refractivity contribution in [2.45, 2.75) is 6.04 Å². The van der Waals surface area contributed by atoms with Gasteiger partial charge in [0.1, 0.15) is 17.4 Å². The summed E-state index contributed by atoms with van der Waals surface area (Å²) in [5.41, 5.74) is 0.410. The third-order valence-corrected chi connectivity index (χ3v) is 4.58. The molecule has 10 heteroatoms. The van der Waals surface area contributed by atoms with Crippen molar-refractivity contribution in [3.63, 3.8) is 0 Å². The third-order valence-electron chi connectivity index (χ3n) is 4.58. The number of amides is 1. The van der Waals surface area contributed by atoms with Crippen LogP contribution in [0.25, 0.3) is 11.0 Å².